The van der Waals surface area contributed by atoms with E-state index in [1.165, 1.54) is 25.2 Å². The Morgan fingerprint density at radius 3 is 2.38 bits per heavy atom. The molecule has 0 bridgehead atoms. The van der Waals surface area contributed by atoms with Crippen LogP contribution in [0, 0.1) is 0 Å². The van der Waals surface area contributed by atoms with E-state index in [1.54, 1.807) is 41.3 Å². The van der Waals surface area contributed by atoms with Gasteiger partial charge in [-0.2, -0.15) is 0 Å². The second kappa shape index (κ2) is 8.84. The molecule has 0 spiro atoms. The fourth-order valence-electron chi connectivity index (χ4n) is 3.66. The van der Waals surface area contributed by atoms with Crippen LogP contribution in [0.3, 0.4) is 0 Å². The van der Waals surface area contributed by atoms with Crippen LogP contribution in [0.2, 0.25) is 0 Å². The van der Waals surface area contributed by atoms with Gasteiger partial charge in [-0.05, 0) is 42.3 Å². The fraction of sp³-hybridized carbons (Fsp3) is 0.167. The van der Waals surface area contributed by atoms with E-state index >= 15 is 0 Å². The van der Waals surface area contributed by atoms with Crippen LogP contribution >= 0.6 is 0 Å². The summed E-state index contributed by atoms with van der Waals surface area (Å²) in [6.07, 6.45) is 0.739. The van der Waals surface area contributed by atoms with Gasteiger partial charge >= 0.3 is 5.97 Å². The number of ether oxygens (including phenoxy) is 1. The van der Waals surface area contributed by atoms with Crippen LogP contribution in [0.1, 0.15) is 15.9 Å². The molecule has 0 fully saturated rings. The summed E-state index contributed by atoms with van der Waals surface area (Å²) in [5.41, 5.74) is 2.21. The third-order valence-corrected chi connectivity index (χ3v) is 7.22. The number of para-hydroxylation sites is 2. The zero-order valence-electron chi connectivity index (χ0n) is 17.5. The lowest BCUT2D eigenvalue weighted by Crippen LogP contribution is -2.33. The minimum atomic E-state index is -4.02. The number of fused-ring (bicyclic) bond motifs is 1. The Morgan fingerprint density at radius 1 is 0.938 bits per heavy atom. The van der Waals surface area contributed by atoms with Gasteiger partial charge in [0.2, 0.25) is 0 Å². The van der Waals surface area contributed by atoms with Gasteiger partial charge in [0.25, 0.3) is 15.9 Å². The quantitative estimate of drug-likeness (QED) is 0.539. The second-order valence-electron chi connectivity index (χ2n) is 7.30. The molecule has 8 heteroatoms. The van der Waals surface area contributed by atoms with E-state index in [9.17, 15) is 18.0 Å². The molecule has 0 radical (unpaired) electrons. The standard InChI is InChI=1S/C24H22N2O5S/c1-25(19-10-3-2-4-11-19)32(29,30)22-14-8-6-12-20(22)24(28)31-17-23(27)26-16-15-18-9-5-7-13-21(18)26/h2-14H,15-17H2,1H3. The van der Waals surface area contributed by atoms with Crippen molar-refractivity contribution in [2.75, 3.05) is 29.4 Å². The third kappa shape index (κ3) is 4.09. The number of rotatable bonds is 6. The topological polar surface area (TPSA) is 84.0 Å². The Bertz CT molecular complexity index is 1260. The van der Waals surface area contributed by atoms with Gasteiger partial charge in [0.05, 0.1) is 11.3 Å². The Morgan fingerprint density at radius 2 is 1.59 bits per heavy atom. The van der Waals surface area contributed by atoms with Crippen molar-refractivity contribution in [3.05, 3.63) is 90.0 Å². The summed E-state index contributed by atoms with van der Waals surface area (Å²) in [5, 5.41) is 0. The lowest BCUT2D eigenvalue weighted by Gasteiger charge is -2.21. The van der Waals surface area contributed by atoms with E-state index in [0.717, 1.165) is 22.0 Å². The zero-order chi connectivity index (χ0) is 22.7. The summed E-state index contributed by atoms with van der Waals surface area (Å²) < 4.78 is 32.7. The largest absolute Gasteiger partial charge is 0.452 e. The highest BCUT2D eigenvalue weighted by Crippen LogP contribution is 2.28. The lowest BCUT2D eigenvalue weighted by atomic mass is 10.2. The smallest absolute Gasteiger partial charge is 0.340 e. The molecular formula is C24H22N2O5S. The van der Waals surface area contributed by atoms with E-state index in [-0.39, 0.29) is 16.4 Å². The predicted molar refractivity (Wildman–Crippen MR) is 121 cm³/mol. The summed E-state index contributed by atoms with van der Waals surface area (Å²) >= 11 is 0. The first-order valence-electron chi connectivity index (χ1n) is 10.1. The number of hydrogen-bond acceptors (Lipinski definition) is 5. The van der Waals surface area contributed by atoms with Gasteiger partial charge in [0, 0.05) is 19.3 Å². The van der Waals surface area contributed by atoms with Crippen LogP contribution < -0.4 is 9.21 Å². The summed E-state index contributed by atoms with van der Waals surface area (Å²) in [6, 6.07) is 21.9. The number of benzene rings is 3. The number of carbonyl (C=O) groups excluding carboxylic acids is 2. The summed E-state index contributed by atoms with van der Waals surface area (Å²) in [7, 11) is -2.61. The molecule has 0 N–H and O–H groups in total. The first-order chi connectivity index (χ1) is 15.4. The maximum absolute atomic E-state index is 13.2. The van der Waals surface area contributed by atoms with Crippen molar-refractivity contribution in [2.45, 2.75) is 11.3 Å². The van der Waals surface area contributed by atoms with Crippen molar-refractivity contribution in [2.24, 2.45) is 0 Å². The number of carbonyl (C=O) groups is 2. The molecule has 0 saturated heterocycles. The fourth-order valence-corrected chi connectivity index (χ4v) is 5.04. The van der Waals surface area contributed by atoms with Crippen LogP contribution in [-0.2, 0) is 26.0 Å². The molecule has 0 aromatic heterocycles. The van der Waals surface area contributed by atoms with Crippen molar-refractivity contribution in [1.29, 1.82) is 0 Å². The molecule has 0 atom stereocenters. The third-order valence-electron chi connectivity index (χ3n) is 5.38. The average Bonchev–Trinajstić information content (AvgIpc) is 3.26. The van der Waals surface area contributed by atoms with Crippen LogP contribution in [0.4, 0.5) is 11.4 Å². The molecule has 164 valence electrons. The zero-order valence-corrected chi connectivity index (χ0v) is 18.3. The second-order valence-corrected chi connectivity index (χ2v) is 9.24. The number of esters is 1. The van der Waals surface area contributed by atoms with Gasteiger partial charge in [0.15, 0.2) is 6.61 Å². The molecule has 3 aromatic rings. The first-order valence-corrected chi connectivity index (χ1v) is 11.5. The minimum Gasteiger partial charge on any atom is -0.452 e. The molecule has 4 rings (SSSR count). The molecule has 3 aromatic carbocycles. The van der Waals surface area contributed by atoms with Crippen molar-refractivity contribution in [1.82, 2.24) is 0 Å². The highest BCUT2D eigenvalue weighted by molar-refractivity contribution is 7.92. The van der Waals surface area contributed by atoms with E-state index < -0.39 is 22.6 Å². The SMILES string of the molecule is CN(c1ccccc1)S(=O)(=O)c1ccccc1C(=O)OCC(=O)N1CCc2ccccc21. The van der Waals surface area contributed by atoms with Crippen LogP contribution in [0.15, 0.2) is 83.8 Å². The summed E-state index contributed by atoms with van der Waals surface area (Å²) in [6.45, 7) is 0.0403. The molecule has 1 aliphatic rings. The highest BCUT2D eigenvalue weighted by Gasteiger charge is 2.29. The van der Waals surface area contributed by atoms with E-state index in [4.69, 9.17) is 4.74 Å². The first kappa shape index (κ1) is 21.6. The lowest BCUT2D eigenvalue weighted by molar-refractivity contribution is -0.121. The van der Waals surface area contributed by atoms with Crippen molar-refractivity contribution in [3.63, 3.8) is 0 Å². The van der Waals surface area contributed by atoms with Crippen LogP contribution in [0.5, 0.6) is 0 Å². The molecule has 32 heavy (non-hydrogen) atoms. The van der Waals surface area contributed by atoms with Gasteiger partial charge in [-0.25, -0.2) is 13.2 Å². The van der Waals surface area contributed by atoms with Gasteiger partial charge in [0.1, 0.15) is 4.90 Å². The van der Waals surface area contributed by atoms with Gasteiger partial charge in [-0.1, -0.05) is 48.5 Å². The maximum atomic E-state index is 13.2. The van der Waals surface area contributed by atoms with Gasteiger partial charge < -0.3 is 9.64 Å². The highest BCUT2D eigenvalue weighted by atomic mass is 32.2. The van der Waals surface area contributed by atoms with Gasteiger partial charge in [-0.3, -0.25) is 9.10 Å². The van der Waals surface area contributed by atoms with Crippen molar-refractivity contribution >= 4 is 33.3 Å². The Balaban J connectivity index is 1.51. The monoisotopic (exact) mass is 450 g/mol. The molecule has 1 heterocycles. The molecule has 0 unspecified atom stereocenters. The number of nitrogens with zero attached hydrogens (tertiary/aromatic N) is 2. The van der Waals surface area contributed by atoms with Crippen molar-refractivity contribution < 1.29 is 22.7 Å². The summed E-state index contributed by atoms with van der Waals surface area (Å²) in [4.78, 5) is 26.8. The van der Waals surface area contributed by atoms with Crippen molar-refractivity contribution in [3.8, 4) is 0 Å². The van der Waals surface area contributed by atoms with E-state index in [1.807, 2.05) is 24.3 Å². The van der Waals surface area contributed by atoms with Crippen LogP contribution in [-0.4, -0.2) is 40.5 Å². The molecule has 1 amide bonds. The van der Waals surface area contributed by atoms with Gasteiger partial charge in [-0.15, -0.1) is 0 Å². The normalized spacial score (nSPS) is 12.8. The minimum absolute atomic E-state index is 0.120. The summed E-state index contributed by atoms with van der Waals surface area (Å²) in [5.74, 6) is -1.23. The predicted octanol–water partition coefficient (Wildman–Crippen LogP) is 3.26. The van der Waals surface area contributed by atoms with E-state index in [0.29, 0.717) is 12.2 Å². The Labute approximate surface area is 186 Å². The number of hydrogen-bond donors (Lipinski definition) is 0. The molecule has 0 aliphatic carbocycles. The Hall–Kier alpha value is -3.65. The maximum Gasteiger partial charge on any atom is 0.340 e. The Kier molecular flexibility index (Phi) is 5.96. The van der Waals surface area contributed by atoms with Crippen LogP contribution in [0.25, 0.3) is 0 Å². The van der Waals surface area contributed by atoms with E-state index in [2.05, 4.69) is 0 Å². The average molecular weight is 451 g/mol. The number of sulfonamides is 1. The number of amides is 1. The molecule has 1 aliphatic heterocycles. The molecule has 0 saturated carbocycles. The molecule has 7 nitrogen and oxygen atoms in total. The number of anilines is 2. The molecular weight excluding hydrogens is 428 g/mol.